The van der Waals surface area contributed by atoms with Gasteiger partial charge < -0.3 is 13.9 Å². The fourth-order valence-electron chi connectivity index (χ4n) is 2.55. The number of benzene rings is 2. The van der Waals surface area contributed by atoms with Crippen LogP contribution >= 0.6 is 0 Å². The van der Waals surface area contributed by atoms with Gasteiger partial charge in [-0.25, -0.2) is 4.99 Å². The molecule has 3 aromatic rings. The number of amides is 2. The normalized spacial score (nSPS) is 12.0. The first kappa shape index (κ1) is 20.9. The van der Waals surface area contributed by atoms with Crippen LogP contribution in [0.5, 0.6) is 11.5 Å². The first-order valence-corrected chi connectivity index (χ1v) is 8.49. The van der Waals surface area contributed by atoms with Gasteiger partial charge >= 0.3 is 6.36 Å². The number of halogens is 3. The number of methoxy groups -OCH3 is 1. The number of fused-ring (bicyclic) bond motifs is 1. The minimum Gasteiger partial charge on any atom is -0.497 e. The van der Waals surface area contributed by atoms with Crippen molar-refractivity contribution in [1.29, 1.82) is 0 Å². The van der Waals surface area contributed by atoms with Crippen LogP contribution in [0.15, 0.2) is 57.9 Å². The van der Waals surface area contributed by atoms with Crippen LogP contribution in [0.4, 0.5) is 18.9 Å². The van der Waals surface area contributed by atoms with Gasteiger partial charge in [-0.1, -0.05) is 0 Å². The summed E-state index contributed by atoms with van der Waals surface area (Å²) in [5.41, 5.74) is 0.418. The molecule has 0 aliphatic heterocycles. The molecule has 0 fully saturated rings. The highest BCUT2D eigenvalue weighted by Gasteiger charge is 2.30. The van der Waals surface area contributed by atoms with Crippen molar-refractivity contribution in [2.75, 3.05) is 7.11 Å². The van der Waals surface area contributed by atoms with Crippen molar-refractivity contribution in [2.24, 2.45) is 4.99 Å². The number of carbonyl (C=O) groups is 2. The summed E-state index contributed by atoms with van der Waals surface area (Å²) in [6, 6.07) is 11.0. The van der Waals surface area contributed by atoms with E-state index in [1.807, 2.05) is 0 Å². The molecule has 0 radical (unpaired) electrons. The predicted octanol–water partition coefficient (Wildman–Crippen LogP) is 3.85. The van der Waals surface area contributed by atoms with Crippen LogP contribution in [0, 0.1) is 0 Å². The summed E-state index contributed by atoms with van der Waals surface area (Å²) >= 11 is 0. The van der Waals surface area contributed by atoms with Crippen molar-refractivity contribution < 1.29 is 36.7 Å². The average Bonchev–Trinajstić information content (AvgIpc) is 2.67. The molecule has 0 spiro atoms. The summed E-state index contributed by atoms with van der Waals surface area (Å²) < 4.78 is 51.6. The lowest BCUT2D eigenvalue weighted by Crippen LogP contribution is -2.32. The molecule has 1 heterocycles. The van der Waals surface area contributed by atoms with Crippen molar-refractivity contribution in [1.82, 2.24) is 5.32 Å². The van der Waals surface area contributed by atoms with Gasteiger partial charge in [0.25, 0.3) is 5.91 Å². The molecule has 156 valence electrons. The molecule has 0 unspecified atom stereocenters. The van der Waals surface area contributed by atoms with E-state index in [1.165, 1.54) is 32.2 Å². The molecule has 0 aliphatic rings. The number of hydrogen-bond donors (Lipinski definition) is 1. The van der Waals surface area contributed by atoms with Gasteiger partial charge in [0.05, 0.1) is 12.8 Å². The largest absolute Gasteiger partial charge is 0.573 e. The third-order valence-electron chi connectivity index (χ3n) is 3.79. The molecular weight excluding hydrogens is 405 g/mol. The van der Waals surface area contributed by atoms with Crippen molar-refractivity contribution in [3.05, 3.63) is 59.6 Å². The highest BCUT2D eigenvalue weighted by Crippen LogP contribution is 2.25. The van der Waals surface area contributed by atoms with E-state index in [1.54, 1.807) is 18.2 Å². The predicted molar refractivity (Wildman–Crippen MR) is 99.3 cm³/mol. The second-order valence-electron chi connectivity index (χ2n) is 6.03. The minimum atomic E-state index is -4.81. The summed E-state index contributed by atoms with van der Waals surface area (Å²) in [6.45, 7) is 1.18. The molecule has 2 aromatic carbocycles. The maximum absolute atomic E-state index is 12.4. The van der Waals surface area contributed by atoms with Crippen molar-refractivity contribution in [3.8, 4) is 11.5 Å². The Morgan fingerprint density at radius 3 is 2.30 bits per heavy atom. The van der Waals surface area contributed by atoms with Gasteiger partial charge in [0.2, 0.25) is 11.5 Å². The van der Waals surface area contributed by atoms with E-state index in [4.69, 9.17) is 9.15 Å². The molecule has 0 saturated heterocycles. The van der Waals surface area contributed by atoms with Crippen LogP contribution in [0.2, 0.25) is 0 Å². The first-order chi connectivity index (χ1) is 14.1. The molecule has 0 bridgehead atoms. The Bertz CT molecular complexity index is 1170. The highest BCUT2D eigenvalue weighted by molar-refractivity contribution is 6.05. The number of nitrogens with zero attached hydrogens (tertiary/aromatic N) is 1. The monoisotopic (exact) mass is 420 g/mol. The van der Waals surface area contributed by atoms with Crippen LogP contribution in [-0.4, -0.2) is 25.3 Å². The van der Waals surface area contributed by atoms with Crippen LogP contribution in [0.3, 0.4) is 0 Å². The summed E-state index contributed by atoms with van der Waals surface area (Å²) in [5.74, 6) is -1.21. The smallest absolute Gasteiger partial charge is 0.497 e. The molecule has 0 atom stereocenters. The standard InChI is InChI=1S/C20H15F3N2O5/c1-11(26)24-18(27)16-10-12-9-15(28-2)7-8-17(12)29-19(16)25-13-3-5-14(6-4-13)30-20(21,22)23/h3-10H,1-2H3,(H,24,26,27). The van der Waals surface area contributed by atoms with E-state index in [0.717, 1.165) is 12.1 Å². The number of ether oxygens (including phenoxy) is 2. The van der Waals surface area contributed by atoms with Crippen LogP contribution in [0.1, 0.15) is 17.3 Å². The Labute approximate surface area is 167 Å². The number of nitrogens with one attached hydrogen (secondary N) is 1. The zero-order chi connectivity index (χ0) is 21.9. The Hall–Kier alpha value is -3.82. The fraction of sp³-hybridized carbons (Fsp3) is 0.150. The molecule has 0 saturated carbocycles. The Kier molecular flexibility index (Phi) is 5.77. The number of alkyl halides is 3. The lowest BCUT2D eigenvalue weighted by molar-refractivity contribution is -0.274. The topological polar surface area (TPSA) is 90.1 Å². The third kappa shape index (κ3) is 5.16. The molecule has 10 heteroatoms. The summed E-state index contributed by atoms with van der Waals surface area (Å²) in [7, 11) is 1.48. The van der Waals surface area contributed by atoms with E-state index in [-0.39, 0.29) is 16.8 Å². The number of hydrogen-bond acceptors (Lipinski definition) is 6. The molecular formula is C20H15F3N2O5. The van der Waals surface area contributed by atoms with Gasteiger partial charge in [-0.05, 0) is 48.5 Å². The zero-order valence-corrected chi connectivity index (χ0v) is 15.7. The summed E-state index contributed by atoms with van der Waals surface area (Å²) in [6.07, 6.45) is -4.81. The Morgan fingerprint density at radius 1 is 1.03 bits per heavy atom. The van der Waals surface area contributed by atoms with Crippen molar-refractivity contribution in [3.63, 3.8) is 0 Å². The van der Waals surface area contributed by atoms with E-state index < -0.39 is 23.9 Å². The van der Waals surface area contributed by atoms with Gasteiger partial charge in [-0.15, -0.1) is 13.2 Å². The van der Waals surface area contributed by atoms with Crippen molar-refractivity contribution in [2.45, 2.75) is 13.3 Å². The average molecular weight is 420 g/mol. The Balaban J connectivity index is 2.10. The summed E-state index contributed by atoms with van der Waals surface area (Å²) in [4.78, 5) is 27.9. The molecule has 30 heavy (non-hydrogen) atoms. The van der Waals surface area contributed by atoms with E-state index in [9.17, 15) is 22.8 Å². The number of carbonyl (C=O) groups excluding carboxylic acids is 2. The maximum Gasteiger partial charge on any atom is 0.573 e. The minimum absolute atomic E-state index is 0.0402. The van der Waals surface area contributed by atoms with Gasteiger partial charge in [0, 0.05) is 12.3 Å². The van der Waals surface area contributed by atoms with Gasteiger partial charge in [0.1, 0.15) is 22.6 Å². The fourth-order valence-corrected chi connectivity index (χ4v) is 2.55. The molecule has 1 N–H and O–H groups in total. The quantitative estimate of drug-likeness (QED) is 0.693. The zero-order valence-electron chi connectivity index (χ0n) is 15.7. The third-order valence-corrected chi connectivity index (χ3v) is 3.79. The van der Waals surface area contributed by atoms with Gasteiger partial charge in [0.15, 0.2) is 0 Å². The van der Waals surface area contributed by atoms with Crippen LogP contribution < -0.4 is 20.3 Å². The first-order valence-electron chi connectivity index (χ1n) is 8.49. The van der Waals surface area contributed by atoms with Crippen LogP contribution in [-0.2, 0) is 4.79 Å². The van der Waals surface area contributed by atoms with E-state index in [2.05, 4.69) is 15.0 Å². The lowest BCUT2D eigenvalue weighted by Gasteiger charge is -2.08. The highest BCUT2D eigenvalue weighted by atomic mass is 19.4. The Morgan fingerprint density at radius 2 is 1.70 bits per heavy atom. The lowest BCUT2D eigenvalue weighted by atomic mass is 10.1. The van der Waals surface area contributed by atoms with Crippen LogP contribution in [0.25, 0.3) is 11.0 Å². The summed E-state index contributed by atoms with van der Waals surface area (Å²) in [5, 5.41) is 2.66. The number of imide groups is 1. The van der Waals surface area contributed by atoms with Gasteiger partial charge in [-0.2, -0.15) is 0 Å². The molecule has 7 nitrogen and oxygen atoms in total. The van der Waals surface area contributed by atoms with E-state index >= 15 is 0 Å². The number of rotatable bonds is 4. The second-order valence-corrected chi connectivity index (χ2v) is 6.03. The van der Waals surface area contributed by atoms with Crippen molar-refractivity contribution >= 4 is 28.5 Å². The van der Waals surface area contributed by atoms with E-state index in [0.29, 0.717) is 16.7 Å². The SMILES string of the molecule is COc1ccc2oc(=Nc3ccc(OC(F)(F)F)cc3)c(C(=O)NC(C)=O)cc2c1. The van der Waals surface area contributed by atoms with Gasteiger partial charge in [-0.3, -0.25) is 14.9 Å². The molecule has 3 rings (SSSR count). The maximum atomic E-state index is 12.4. The molecule has 2 amide bonds. The second kappa shape index (κ2) is 8.27. The molecule has 1 aromatic heterocycles. The molecule has 0 aliphatic carbocycles.